The van der Waals surface area contributed by atoms with Gasteiger partial charge in [0.25, 0.3) is 11.6 Å². The standard InChI is InChI=1S/C23H15ClFN3O4/c24-21-12-15(10-17(13-26)23(29)27-19-7-5-18(25)6-8-19)4-9-22(21)32-14-16-2-1-3-20(11-16)28(30)31/h1-12H,14H2,(H,27,29)/b17-10+. The SMILES string of the molecule is N#C/C(=C\c1ccc(OCc2cccc([N+](=O)[O-])c2)c(Cl)c1)C(=O)Nc1ccc(F)cc1. The molecule has 0 aromatic heterocycles. The van der Waals surface area contributed by atoms with Gasteiger partial charge in [-0.1, -0.05) is 29.8 Å². The highest BCUT2D eigenvalue weighted by Gasteiger charge is 2.11. The average Bonchev–Trinajstić information content (AvgIpc) is 2.78. The number of ether oxygens (including phenoxy) is 1. The van der Waals surface area contributed by atoms with E-state index in [4.69, 9.17) is 16.3 Å². The predicted octanol–water partition coefficient (Wildman–Crippen LogP) is 5.51. The van der Waals surface area contributed by atoms with Gasteiger partial charge in [0.1, 0.15) is 29.8 Å². The number of anilines is 1. The fourth-order valence-corrected chi connectivity index (χ4v) is 2.94. The second-order valence-electron chi connectivity index (χ2n) is 6.54. The van der Waals surface area contributed by atoms with Gasteiger partial charge in [0.05, 0.1) is 9.95 Å². The van der Waals surface area contributed by atoms with Gasteiger partial charge in [-0.2, -0.15) is 5.26 Å². The molecule has 160 valence electrons. The van der Waals surface area contributed by atoms with E-state index >= 15 is 0 Å². The fourth-order valence-electron chi connectivity index (χ4n) is 2.69. The Hall–Kier alpha value is -4.22. The zero-order valence-electron chi connectivity index (χ0n) is 16.4. The zero-order chi connectivity index (χ0) is 23.1. The molecule has 0 unspecified atom stereocenters. The van der Waals surface area contributed by atoms with E-state index in [9.17, 15) is 24.6 Å². The number of hydrogen-bond donors (Lipinski definition) is 1. The number of nitrogens with zero attached hydrogens (tertiary/aromatic N) is 2. The number of amides is 1. The summed E-state index contributed by atoms with van der Waals surface area (Å²) >= 11 is 6.25. The molecule has 0 spiro atoms. The van der Waals surface area contributed by atoms with Gasteiger partial charge in [0, 0.05) is 17.8 Å². The highest BCUT2D eigenvalue weighted by atomic mass is 35.5. The number of nitro benzene ring substituents is 1. The number of non-ortho nitro benzene ring substituents is 1. The molecule has 0 saturated carbocycles. The molecule has 0 aliphatic rings. The van der Waals surface area contributed by atoms with E-state index in [0.29, 0.717) is 22.6 Å². The summed E-state index contributed by atoms with van der Waals surface area (Å²) in [4.78, 5) is 22.7. The Morgan fingerprint density at radius 1 is 1.19 bits per heavy atom. The van der Waals surface area contributed by atoms with Crippen LogP contribution in [0.5, 0.6) is 5.75 Å². The molecule has 0 heterocycles. The number of nitrogens with one attached hydrogen (secondary N) is 1. The van der Waals surface area contributed by atoms with Gasteiger partial charge in [-0.25, -0.2) is 4.39 Å². The van der Waals surface area contributed by atoms with Crippen molar-refractivity contribution in [1.82, 2.24) is 0 Å². The molecule has 0 fully saturated rings. The lowest BCUT2D eigenvalue weighted by molar-refractivity contribution is -0.384. The van der Waals surface area contributed by atoms with Gasteiger partial charge in [0.2, 0.25) is 0 Å². The highest BCUT2D eigenvalue weighted by Crippen LogP contribution is 2.28. The minimum atomic E-state index is -0.652. The molecule has 1 amide bonds. The van der Waals surface area contributed by atoms with E-state index in [1.807, 2.05) is 6.07 Å². The summed E-state index contributed by atoms with van der Waals surface area (Å²) in [5, 5.41) is 22.9. The van der Waals surface area contributed by atoms with Crippen LogP contribution >= 0.6 is 11.6 Å². The number of carbonyl (C=O) groups is 1. The molecular formula is C23H15ClFN3O4. The van der Waals surface area contributed by atoms with Crippen LogP contribution in [-0.4, -0.2) is 10.8 Å². The van der Waals surface area contributed by atoms with Crippen LogP contribution in [0, 0.1) is 27.3 Å². The van der Waals surface area contributed by atoms with E-state index in [0.717, 1.165) is 0 Å². The summed E-state index contributed by atoms with van der Waals surface area (Å²) in [6.07, 6.45) is 1.36. The molecule has 0 aliphatic heterocycles. The third kappa shape index (κ3) is 5.90. The van der Waals surface area contributed by atoms with Crippen LogP contribution in [0.3, 0.4) is 0 Å². The van der Waals surface area contributed by atoms with Crippen LogP contribution in [0.1, 0.15) is 11.1 Å². The van der Waals surface area contributed by atoms with Gasteiger partial charge in [-0.15, -0.1) is 0 Å². The van der Waals surface area contributed by atoms with Gasteiger partial charge >= 0.3 is 0 Å². The lowest BCUT2D eigenvalue weighted by Crippen LogP contribution is -2.13. The van der Waals surface area contributed by atoms with Crippen molar-refractivity contribution in [1.29, 1.82) is 5.26 Å². The third-order valence-corrected chi connectivity index (χ3v) is 4.55. The molecule has 0 aliphatic carbocycles. The second kappa shape index (κ2) is 10.2. The molecule has 3 aromatic carbocycles. The Morgan fingerprint density at radius 3 is 2.59 bits per heavy atom. The maximum absolute atomic E-state index is 13.0. The molecule has 3 rings (SSSR count). The largest absolute Gasteiger partial charge is 0.487 e. The number of halogens is 2. The smallest absolute Gasteiger partial charge is 0.269 e. The predicted molar refractivity (Wildman–Crippen MR) is 118 cm³/mol. The van der Waals surface area contributed by atoms with Crippen LogP contribution in [0.2, 0.25) is 5.02 Å². The minimum absolute atomic E-state index is 0.0411. The van der Waals surface area contributed by atoms with E-state index < -0.39 is 16.6 Å². The summed E-state index contributed by atoms with van der Waals surface area (Å²) in [6.45, 7) is 0.0696. The summed E-state index contributed by atoms with van der Waals surface area (Å²) in [5.74, 6) is -0.757. The summed E-state index contributed by atoms with van der Waals surface area (Å²) in [7, 11) is 0. The van der Waals surface area contributed by atoms with Crippen molar-refractivity contribution in [2.24, 2.45) is 0 Å². The van der Waals surface area contributed by atoms with E-state index in [1.54, 1.807) is 24.3 Å². The van der Waals surface area contributed by atoms with Crippen LogP contribution in [-0.2, 0) is 11.4 Å². The Labute approximate surface area is 187 Å². The molecule has 1 N–H and O–H groups in total. The van der Waals surface area contributed by atoms with Crippen molar-refractivity contribution in [3.63, 3.8) is 0 Å². The first-order valence-electron chi connectivity index (χ1n) is 9.20. The van der Waals surface area contributed by atoms with Gasteiger partial charge < -0.3 is 10.1 Å². The van der Waals surface area contributed by atoms with Crippen LogP contribution in [0.25, 0.3) is 6.08 Å². The molecular weight excluding hydrogens is 437 g/mol. The summed E-state index contributed by atoms with van der Waals surface area (Å²) in [5.41, 5.74) is 1.23. The quantitative estimate of drug-likeness (QED) is 0.220. The molecule has 0 bridgehead atoms. The third-order valence-electron chi connectivity index (χ3n) is 4.25. The van der Waals surface area contributed by atoms with Crippen molar-refractivity contribution in [2.45, 2.75) is 6.61 Å². The molecule has 32 heavy (non-hydrogen) atoms. The Balaban J connectivity index is 1.70. The first-order valence-corrected chi connectivity index (χ1v) is 9.58. The second-order valence-corrected chi connectivity index (χ2v) is 6.94. The van der Waals surface area contributed by atoms with E-state index in [2.05, 4.69) is 5.32 Å². The average molecular weight is 452 g/mol. The molecule has 0 saturated heterocycles. The number of nitro groups is 1. The van der Waals surface area contributed by atoms with Crippen molar-refractivity contribution in [3.8, 4) is 11.8 Å². The molecule has 0 radical (unpaired) electrons. The van der Waals surface area contributed by atoms with E-state index in [-0.39, 0.29) is 22.9 Å². The minimum Gasteiger partial charge on any atom is -0.487 e. The zero-order valence-corrected chi connectivity index (χ0v) is 17.2. The maximum atomic E-state index is 13.0. The topological polar surface area (TPSA) is 105 Å². The van der Waals surface area contributed by atoms with Crippen molar-refractivity contribution in [2.75, 3.05) is 5.32 Å². The molecule has 9 heteroatoms. The van der Waals surface area contributed by atoms with Crippen molar-refractivity contribution in [3.05, 3.63) is 104 Å². The van der Waals surface area contributed by atoms with Gasteiger partial charge in [-0.3, -0.25) is 14.9 Å². The fraction of sp³-hybridized carbons (Fsp3) is 0.0435. The number of carbonyl (C=O) groups excluding carboxylic acids is 1. The molecule has 0 atom stereocenters. The van der Waals surface area contributed by atoms with Crippen molar-refractivity contribution < 1.29 is 18.8 Å². The van der Waals surface area contributed by atoms with Gasteiger partial charge in [-0.05, 0) is 53.6 Å². The lowest BCUT2D eigenvalue weighted by atomic mass is 10.1. The number of benzene rings is 3. The summed E-state index contributed by atoms with van der Waals surface area (Å²) in [6, 6.07) is 17.7. The lowest BCUT2D eigenvalue weighted by Gasteiger charge is -2.09. The Kier molecular flexibility index (Phi) is 7.16. The van der Waals surface area contributed by atoms with Crippen LogP contribution in [0.4, 0.5) is 15.8 Å². The first-order chi connectivity index (χ1) is 15.4. The van der Waals surface area contributed by atoms with Crippen molar-refractivity contribution >= 4 is 35.0 Å². The maximum Gasteiger partial charge on any atom is 0.269 e. The van der Waals surface area contributed by atoms with Crippen LogP contribution < -0.4 is 10.1 Å². The first kappa shape index (κ1) is 22.5. The number of rotatable bonds is 7. The van der Waals surface area contributed by atoms with Gasteiger partial charge in [0.15, 0.2) is 0 Å². The molecule has 7 nitrogen and oxygen atoms in total. The summed E-state index contributed by atoms with van der Waals surface area (Å²) < 4.78 is 18.6. The monoisotopic (exact) mass is 451 g/mol. The highest BCUT2D eigenvalue weighted by molar-refractivity contribution is 6.32. The number of nitriles is 1. The normalized spacial score (nSPS) is 10.8. The Bertz CT molecular complexity index is 1240. The Morgan fingerprint density at radius 2 is 1.94 bits per heavy atom. The molecule has 3 aromatic rings. The van der Waals surface area contributed by atoms with Crippen LogP contribution in [0.15, 0.2) is 72.3 Å². The van der Waals surface area contributed by atoms with E-state index in [1.165, 1.54) is 48.5 Å². The number of hydrogen-bond acceptors (Lipinski definition) is 5.